The fraction of sp³-hybridized carbons (Fsp3) is 0.167. The predicted octanol–water partition coefficient (Wildman–Crippen LogP) is 6.38. The first-order valence-electron chi connectivity index (χ1n) is 7.98. The third-order valence-corrected chi connectivity index (χ3v) is 6.39. The number of fused-ring (bicyclic) bond motifs is 1. The van der Waals surface area contributed by atoms with Crippen molar-refractivity contribution in [3.05, 3.63) is 53.0 Å². The molecule has 2 aromatic heterocycles. The summed E-state index contributed by atoms with van der Waals surface area (Å²) in [4.78, 5) is 4.43. The zero-order valence-corrected chi connectivity index (χ0v) is 16.8. The van der Waals surface area contributed by atoms with Crippen molar-refractivity contribution in [2.45, 2.75) is 22.0 Å². The van der Waals surface area contributed by atoms with Crippen molar-refractivity contribution in [1.29, 1.82) is 0 Å². The Balaban J connectivity index is 1.50. The molecular weight excluding hydrogens is 427 g/mol. The van der Waals surface area contributed by atoms with Crippen LogP contribution >= 0.6 is 34.9 Å². The second-order valence-electron chi connectivity index (χ2n) is 5.73. The average molecular weight is 440 g/mol. The fourth-order valence-corrected chi connectivity index (χ4v) is 4.61. The molecule has 0 aliphatic carbocycles. The van der Waals surface area contributed by atoms with E-state index in [0.29, 0.717) is 22.4 Å². The molecule has 2 heterocycles. The molecular formula is C18H12F3N3OS3. The van der Waals surface area contributed by atoms with Crippen molar-refractivity contribution < 1.29 is 17.6 Å². The van der Waals surface area contributed by atoms with E-state index in [4.69, 9.17) is 4.42 Å². The summed E-state index contributed by atoms with van der Waals surface area (Å²) in [7, 11) is 0. The maximum Gasteiger partial charge on any atom is 0.417 e. The lowest BCUT2D eigenvalue weighted by Crippen LogP contribution is -2.07. The van der Waals surface area contributed by atoms with Crippen LogP contribution in [0.15, 0.2) is 56.4 Å². The topological polar surface area (TPSA) is 51.8 Å². The number of hydrogen-bond donors (Lipinski definition) is 0. The second-order valence-corrected chi connectivity index (χ2v) is 8.39. The SMILES string of the molecule is CSc1ccc(CSc2nnc(-c3ccc4ncsc4c3)o2)cc1C(F)(F)F. The van der Waals surface area contributed by atoms with Gasteiger partial charge in [0.2, 0.25) is 5.89 Å². The summed E-state index contributed by atoms with van der Waals surface area (Å²) in [6.45, 7) is 0. The minimum absolute atomic E-state index is 0.208. The molecule has 0 bridgehead atoms. The standard InChI is InChI=1S/C18H12F3N3OS3/c1-26-14-5-2-10(6-12(14)18(19,20)21)8-27-17-24-23-16(25-17)11-3-4-13-15(7-11)28-9-22-13/h2-7,9H,8H2,1H3. The van der Waals surface area contributed by atoms with E-state index in [1.54, 1.807) is 17.8 Å². The van der Waals surface area contributed by atoms with Crippen LogP contribution in [0.25, 0.3) is 21.7 Å². The monoisotopic (exact) mass is 439 g/mol. The minimum Gasteiger partial charge on any atom is -0.411 e. The van der Waals surface area contributed by atoms with E-state index in [0.717, 1.165) is 27.5 Å². The maximum absolute atomic E-state index is 13.2. The van der Waals surface area contributed by atoms with Crippen molar-refractivity contribution in [1.82, 2.24) is 15.2 Å². The van der Waals surface area contributed by atoms with Crippen LogP contribution in [0.4, 0.5) is 13.2 Å². The summed E-state index contributed by atoms with van der Waals surface area (Å²) in [5.41, 5.74) is 3.36. The largest absolute Gasteiger partial charge is 0.417 e. The first kappa shape index (κ1) is 19.3. The molecule has 0 fully saturated rings. The van der Waals surface area contributed by atoms with Gasteiger partial charge >= 0.3 is 6.18 Å². The Labute approximate surface area is 170 Å². The summed E-state index contributed by atoms with van der Waals surface area (Å²) in [5.74, 6) is 0.666. The lowest BCUT2D eigenvalue weighted by Gasteiger charge is -2.12. The molecule has 28 heavy (non-hydrogen) atoms. The number of aromatic nitrogens is 3. The van der Waals surface area contributed by atoms with Crippen molar-refractivity contribution in [2.24, 2.45) is 0 Å². The molecule has 0 aliphatic heterocycles. The molecule has 4 rings (SSSR count). The molecule has 144 valence electrons. The zero-order valence-electron chi connectivity index (χ0n) is 14.4. The zero-order chi connectivity index (χ0) is 19.7. The molecule has 2 aromatic carbocycles. The van der Waals surface area contributed by atoms with Gasteiger partial charge in [-0.15, -0.1) is 33.3 Å². The Morgan fingerprint density at radius 1 is 1.11 bits per heavy atom. The first-order valence-corrected chi connectivity index (χ1v) is 11.1. The molecule has 10 heteroatoms. The summed E-state index contributed by atoms with van der Waals surface area (Å²) in [6, 6.07) is 10.0. The van der Waals surface area contributed by atoms with Crippen molar-refractivity contribution in [2.75, 3.05) is 6.26 Å². The van der Waals surface area contributed by atoms with E-state index in [1.165, 1.54) is 35.2 Å². The van der Waals surface area contributed by atoms with E-state index in [2.05, 4.69) is 15.2 Å². The number of halogens is 3. The van der Waals surface area contributed by atoms with Crippen LogP contribution in [0.2, 0.25) is 0 Å². The van der Waals surface area contributed by atoms with Crippen molar-refractivity contribution in [3.63, 3.8) is 0 Å². The molecule has 4 aromatic rings. The number of hydrogen-bond acceptors (Lipinski definition) is 7. The molecule has 0 unspecified atom stereocenters. The van der Waals surface area contributed by atoms with Crippen molar-refractivity contribution >= 4 is 45.1 Å². The van der Waals surface area contributed by atoms with Crippen molar-refractivity contribution in [3.8, 4) is 11.5 Å². The van der Waals surface area contributed by atoms with Gasteiger partial charge in [0.25, 0.3) is 5.22 Å². The van der Waals surface area contributed by atoms with Gasteiger partial charge in [-0.2, -0.15) is 13.2 Å². The van der Waals surface area contributed by atoms with E-state index in [1.807, 2.05) is 18.2 Å². The molecule has 0 N–H and O–H groups in total. The van der Waals surface area contributed by atoms with Crippen LogP contribution in [0.3, 0.4) is 0 Å². The van der Waals surface area contributed by atoms with E-state index in [-0.39, 0.29) is 4.90 Å². The summed E-state index contributed by atoms with van der Waals surface area (Å²) < 4.78 is 46.2. The minimum atomic E-state index is -4.38. The van der Waals surface area contributed by atoms with Crippen LogP contribution in [-0.4, -0.2) is 21.4 Å². The van der Waals surface area contributed by atoms with Gasteiger partial charge in [-0.1, -0.05) is 17.8 Å². The highest BCUT2D eigenvalue weighted by atomic mass is 32.2. The Hall–Kier alpha value is -2.04. The highest BCUT2D eigenvalue weighted by Crippen LogP contribution is 2.37. The van der Waals surface area contributed by atoms with Gasteiger partial charge in [-0.3, -0.25) is 0 Å². The van der Waals surface area contributed by atoms with Gasteiger partial charge in [-0.05, 0) is 42.2 Å². The molecule has 0 spiro atoms. The van der Waals surface area contributed by atoms with Crippen LogP contribution in [0.1, 0.15) is 11.1 Å². The Morgan fingerprint density at radius 2 is 1.96 bits per heavy atom. The number of alkyl halides is 3. The van der Waals surface area contributed by atoms with Gasteiger partial charge < -0.3 is 4.42 Å². The Kier molecular flexibility index (Phi) is 5.35. The van der Waals surface area contributed by atoms with Gasteiger partial charge in [0.1, 0.15) is 0 Å². The summed E-state index contributed by atoms with van der Waals surface area (Å²) in [5, 5.41) is 8.33. The van der Waals surface area contributed by atoms with Crippen LogP contribution < -0.4 is 0 Å². The molecule has 0 atom stereocenters. The first-order chi connectivity index (χ1) is 13.4. The molecule has 0 saturated heterocycles. The van der Waals surface area contributed by atoms with Gasteiger partial charge in [0, 0.05) is 16.2 Å². The number of thioether (sulfide) groups is 2. The molecule has 0 radical (unpaired) electrons. The van der Waals surface area contributed by atoms with Crippen LogP contribution in [0.5, 0.6) is 0 Å². The smallest absolute Gasteiger partial charge is 0.411 e. The lowest BCUT2D eigenvalue weighted by atomic mass is 10.1. The molecule has 0 aliphatic rings. The van der Waals surface area contributed by atoms with Gasteiger partial charge in [-0.25, -0.2) is 4.98 Å². The summed E-state index contributed by atoms with van der Waals surface area (Å²) >= 11 is 3.80. The normalized spacial score (nSPS) is 12.0. The molecule has 0 saturated carbocycles. The number of nitrogens with zero attached hydrogens (tertiary/aromatic N) is 3. The van der Waals surface area contributed by atoms with E-state index in [9.17, 15) is 13.2 Å². The van der Waals surface area contributed by atoms with E-state index < -0.39 is 11.7 Å². The Bertz CT molecular complexity index is 1120. The van der Waals surface area contributed by atoms with Crippen LogP contribution in [-0.2, 0) is 11.9 Å². The number of rotatable bonds is 5. The highest BCUT2D eigenvalue weighted by molar-refractivity contribution is 7.98. The summed E-state index contributed by atoms with van der Waals surface area (Å²) in [6.07, 6.45) is -2.76. The predicted molar refractivity (Wildman–Crippen MR) is 106 cm³/mol. The van der Waals surface area contributed by atoms with Gasteiger partial charge in [0.05, 0.1) is 21.3 Å². The maximum atomic E-state index is 13.2. The fourth-order valence-electron chi connectivity index (χ4n) is 2.58. The lowest BCUT2D eigenvalue weighted by molar-refractivity contribution is -0.139. The number of benzene rings is 2. The second kappa shape index (κ2) is 7.76. The average Bonchev–Trinajstić information content (AvgIpc) is 3.34. The molecule has 4 nitrogen and oxygen atoms in total. The van der Waals surface area contributed by atoms with E-state index >= 15 is 0 Å². The van der Waals surface area contributed by atoms with Crippen LogP contribution in [0, 0.1) is 0 Å². The quantitative estimate of drug-likeness (QED) is 0.336. The van der Waals surface area contributed by atoms with Gasteiger partial charge in [0.15, 0.2) is 0 Å². The molecule has 0 amide bonds. The third kappa shape index (κ3) is 4.03. The number of thiazole rings is 1. The Morgan fingerprint density at radius 3 is 2.75 bits per heavy atom. The third-order valence-electron chi connectivity index (χ3n) is 3.92. The highest BCUT2D eigenvalue weighted by Gasteiger charge is 2.33.